The van der Waals surface area contributed by atoms with Crippen molar-refractivity contribution in [2.75, 3.05) is 6.54 Å². The predicted molar refractivity (Wildman–Crippen MR) is 89.3 cm³/mol. The lowest BCUT2D eigenvalue weighted by molar-refractivity contribution is 0.188. The zero-order valence-electron chi connectivity index (χ0n) is 13.2. The second kappa shape index (κ2) is 5.66. The predicted octanol–water partition coefficient (Wildman–Crippen LogP) is 2.60. The molecule has 1 aromatic carbocycles. The van der Waals surface area contributed by atoms with Crippen molar-refractivity contribution in [2.45, 2.75) is 32.5 Å². The van der Waals surface area contributed by atoms with Gasteiger partial charge in [0.2, 0.25) is 0 Å². The number of aromatic nitrogens is 3. The molecule has 0 bridgehead atoms. The van der Waals surface area contributed by atoms with Crippen LogP contribution in [0.3, 0.4) is 0 Å². The second-order valence-corrected chi connectivity index (χ2v) is 6.23. The van der Waals surface area contributed by atoms with E-state index >= 15 is 0 Å². The molecule has 1 unspecified atom stereocenters. The molecule has 0 N–H and O–H groups in total. The van der Waals surface area contributed by atoms with Gasteiger partial charge in [-0.2, -0.15) is 4.68 Å². The Morgan fingerprint density at radius 3 is 2.78 bits per heavy atom. The molecule has 1 aliphatic heterocycles. The summed E-state index contributed by atoms with van der Waals surface area (Å²) in [5.74, 6) is 0. The average molecular weight is 308 g/mol. The highest BCUT2D eigenvalue weighted by atomic mass is 16.2. The van der Waals surface area contributed by atoms with E-state index in [0.29, 0.717) is 18.4 Å². The summed E-state index contributed by atoms with van der Waals surface area (Å²) in [6.07, 6.45) is 4.05. The molecule has 1 atom stereocenters. The van der Waals surface area contributed by atoms with Crippen molar-refractivity contribution in [1.82, 2.24) is 19.1 Å². The number of rotatable bonds is 3. The first-order chi connectivity index (χ1) is 11.2. The van der Waals surface area contributed by atoms with Crippen LogP contribution in [-0.4, -0.2) is 25.6 Å². The van der Waals surface area contributed by atoms with Crippen molar-refractivity contribution >= 4 is 5.65 Å². The van der Waals surface area contributed by atoms with Crippen LogP contribution in [0.15, 0.2) is 53.5 Å². The lowest BCUT2D eigenvalue weighted by Gasteiger charge is -2.24. The maximum atomic E-state index is 12.4. The van der Waals surface area contributed by atoms with Crippen LogP contribution >= 0.6 is 0 Å². The fourth-order valence-corrected chi connectivity index (χ4v) is 3.39. The molecule has 5 nitrogen and oxygen atoms in total. The van der Waals surface area contributed by atoms with E-state index in [4.69, 9.17) is 0 Å². The van der Waals surface area contributed by atoms with E-state index < -0.39 is 0 Å². The van der Waals surface area contributed by atoms with E-state index in [-0.39, 0.29) is 5.69 Å². The number of likely N-dealkylation sites (tertiary alicyclic amines) is 1. The van der Waals surface area contributed by atoms with Gasteiger partial charge in [0, 0.05) is 18.8 Å². The van der Waals surface area contributed by atoms with Crippen LogP contribution in [0.1, 0.15) is 30.0 Å². The van der Waals surface area contributed by atoms with Gasteiger partial charge in [-0.15, -0.1) is 5.10 Å². The minimum Gasteiger partial charge on any atom is -0.277 e. The normalized spacial score (nSPS) is 18.7. The third-order valence-electron chi connectivity index (χ3n) is 4.63. The summed E-state index contributed by atoms with van der Waals surface area (Å²) >= 11 is 0. The zero-order chi connectivity index (χ0) is 15.8. The molecule has 4 rings (SSSR count). The van der Waals surface area contributed by atoms with Crippen molar-refractivity contribution in [3.8, 4) is 0 Å². The third-order valence-corrected chi connectivity index (χ3v) is 4.63. The molecular weight excluding hydrogens is 288 g/mol. The van der Waals surface area contributed by atoms with E-state index in [2.05, 4.69) is 41.2 Å². The Labute approximate surface area is 134 Å². The Balaban J connectivity index is 1.63. The molecule has 2 aromatic heterocycles. The highest BCUT2D eigenvalue weighted by Crippen LogP contribution is 2.32. The molecule has 118 valence electrons. The molecule has 0 radical (unpaired) electrons. The van der Waals surface area contributed by atoms with Crippen LogP contribution in [-0.2, 0) is 6.67 Å². The highest BCUT2D eigenvalue weighted by Gasteiger charge is 2.26. The van der Waals surface area contributed by atoms with Crippen molar-refractivity contribution in [2.24, 2.45) is 0 Å². The fourth-order valence-electron chi connectivity index (χ4n) is 3.39. The Morgan fingerprint density at radius 1 is 1.17 bits per heavy atom. The van der Waals surface area contributed by atoms with Crippen LogP contribution in [0.2, 0.25) is 0 Å². The van der Waals surface area contributed by atoms with Gasteiger partial charge in [-0.3, -0.25) is 9.30 Å². The third kappa shape index (κ3) is 2.57. The monoisotopic (exact) mass is 308 g/mol. The molecule has 0 saturated carbocycles. The highest BCUT2D eigenvalue weighted by molar-refractivity contribution is 5.35. The minimum atomic E-state index is -0.0739. The van der Waals surface area contributed by atoms with Gasteiger partial charge in [0.1, 0.15) is 0 Å². The Kier molecular flexibility index (Phi) is 3.50. The van der Waals surface area contributed by atoms with E-state index in [1.165, 1.54) is 11.1 Å². The molecule has 0 aliphatic carbocycles. The first-order valence-electron chi connectivity index (χ1n) is 8.07. The van der Waals surface area contributed by atoms with Crippen LogP contribution in [0.4, 0.5) is 0 Å². The Hall–Kier alpha value is -2.40. The van der Waals surface area contributed by atoms with Gasteiger partial charge in [0.05, 0.1) is 6.67 Å². The molecular formula is C18H20N4O. The van der Waals surface area contributed by atoms with E-state index in [1.54, 1.807) is 15.3 Å². The lowest BCUT2D eigenvalue weighted by atomic mass is 10.0. The maximum Gasteiger partial charge on any atom is 0.351 e. The molecule has 3 heterocycles. The van der Waals surface area contributed by atoms with Gasteiger partial charge in [0.25, 0.3) is 0 Å². The number of benzene rings is 1. The fraction of sp³-hybridized carbons (Fsp3) is 0.333. The van der Waals surface area contributed by atoms with Crippen LogP contribution < -0.4 is 5.69 Å². The lowest BCUT2D eigenvalue weighted by Crippen LogP contribution is -2.32. The number of hydrogen-bond donors (Lipinski definition) is 0. The standard InChI is InChI=1S/C18H20N4O/c1-14-7-9-15(10-8-14)16-5-4-11-20(16)13-22-18(23)21-12-3-2-6-17(21)19-22/h2-3,6-10,12,16H,4-5,11,13H2,1H3. The second-order valence-electron chi connectivity index (χ2n) is 6.23. The van der Waals surface area contributed by atoms with Gasteiger partial charge in [-0.05, 0) is 37.5 Å². The summed E-state index contributed by atoms with van der Waals surface area (Å²) in [6, 6.07) is 14.7. The van der Waals surface area contributed by atoms with Gasteiger partial charge in [-0.1, -0.05) is 35.9 Å². The number of nitrogens with zero attached hydrogens (tertiary/aromatic N) is 4. The number of aryl methyl sites for hydroxylation is 1. The molecule has 23 heavy (non-hydrogen) atoms. The summed E-state index contributed by atoms with van der Waals surface area (Å²) < 4.78 is 3.17. The summed E-state index contributed by atoms with van der Waals surface area (Å²) in [7, 11) is 0. The van der Waals surface area contributed by atoms with E-state index in [0.717, 1.165) is 19.4 Å². The van der Waals surface area contributed by atoms with Crippen LogP contribution in [0, 0.1) is 6.92 Å². The first-order valence-corrected chi connectivity index (χ1v) is 8.07. The van der Waals surface area contributed by atoms with Crippen molar-refractivity contribution in [3.05, 3.63) is 70.3 Å². The molecule has 0 amide bonds. The molecule has 0 spiro atoms. The number of hydrogen-bond acceptors (Lipinski definition) is 3. The molecule has 3 aromatic rings. The minimum absolute atomic E-state index is 0.0739. The van der Waals surface area contributed by atoms with Crippen molar-refractivity contribution in [3.63, 3.8) is 0 Å². The van der Waals surface area contributed by atoms with E-state index in [1.807, 2.05) is 18.2 Å². The summed E-state index contributed by atoms with van der Waals surface area (Å²) in [5, 5.41) is 4.44. The summed E-state index contributed by atoms with van der Waals surface area (Å²) in [6.45, 7) is 3.64. The number of fused-ring (bicyclic) bond motifs is 1. The number of pyridine rings is 1. The Bertz CT molecular complexity index is 878. The van der Waals surface area contributed by atoms with Crippen LogP contribution in [0.25, 0.3) is 5.65 Å². The zero-order valence-corrected chi connectivity index (χ0v) is 13.2. The molecule has 1 fully saturated rings. The van der Waals surface area contributed by atoms with Crippen LogP contribution in [0.5, 0.6) is 0 Å². The SMILES string of the molecule is Cc1ccc(C2CCCN2Cn2nc3ccccn3c2=O)cc1. The first kappa shape index (κ1) is 14.2. The van der Waals surface area contributed by atoms with Crippen molar-refractivity contribution in [1.29, 1.82) is 0 Å². The van der Waals surface area contributed by atoms with Gasteiger partial charge < -0.3 is 0 Å². The summed E-state index contributed by atoms with van der Waals surface area (Å²) in [5.41, 5.74) is 3.22. The maximum absolute atomic E-state index is 12.4. The van der Waals surface area contributed by atoms with Gasteiger partial charge in [0.15, 0.2) is 5.65 Å². The quantitative estimate of drug-likeness (QED) is 0.747. The Morgan fingerprint density at radius 2 is 2.00 bits per heavy atom. The molecule has 1 saturated heterocycles. The summed E-state index contributed by atoms with van der Waals surface area (Å²) in [4.78, 5) is 14.8. The molecule has 1 aliphatic rings. The smallest absolute Gasteiger partial charge is 0.277 e. The van der Waals surface area contributed by atoms with Gasteiger partial charge >= 0.3 is 5.69 Å². The molecule has 5 heteroatoms. The largest absolute Gasteiger partial charge is 0.351 e. The van der Waals surface area contributed by atoms with Gasteiger partial charge in [-0.25, -0.2) is 4.79 Å². The average Bonchev–Trinajstić information content (AvgIpc) is 3.15. The van der Waals surface area contributed by atoms with E-state index in [9.17, 15) is 4.79 Å². The van der Waals surface area contributed by atoms with Crippen molar-refractivity contribution < 1.29 is 0 Å². The topological polar surface area (TPSA) is 42.5 Å².